The number of halogens is 2. The lowest BCUT2D eigenvalue weighted by molar-refractivity contribution is -0.0389. The van der Waals surface area contributed by atoms with E-state index in [0.29, 0.717) is 23.3 Å². The van der Waals surface area contributed by atoms with E-state index < -0.39 is 5.60 Å². The van der Waals surface area contributed by atoms with E-state index in [9.17, 15) is 5.11 Å². The van der Waals surface area contributed by atoms with Crippen LogP contribution in [0.1, 0.15) is 56.0 Å². The second-order valence-corrected chi connectivity index (χ2v) is 11.4. The van der Waals surface area contributed by atoms with E-state index >= 15 is 4.39 Å². The monoisotopic (exact) mass is 510 g/mol. The summed E-state index contributed by atoms with van der Waals surface area (Å²) in [6.07, 6.45) is 9.51. The van der Waals surface area contributed by atoms with Gasteiger partial charge in [0, 0.05) is 52.8 Å². The molecule has 0 bridgehead atoms. The van der Waals surface area contributed by atoms with Crippen LogP contribution in [-0.4, -0.2) is 37.5 Å². The number of fused-ring (bicyclic) bond motifs is 1. The van der Waals surface area contributed by atoms with Crippen LogP contribution in [0.3, 0.4) is 0 Å². The predicted molar refractivity (Wildman–Crippen MR) is 139 cm³/mol. The van der Waals surface area contributed by atoms with Gasteiger partial charge in [-0.2, -0.15) is 0 Å². The minimum absolute atomic E-state index is 0.189. The standard InChI is InChI=1S/C27H28ClFN4OS/c1-16-5-2-3-10-33(16)15-18-7-6-17(11-21(18)29)22-12-19-24(20(28)13-30-25(19)32-22)23-14-31-26(35-23)27(34)8-4-9-27/h6-7,11-14,16,34H,2-5,8-10,15H2,1H3,(H,30,32). The number of hydrogen-bond acceptors (Lipinski definition) is 5. The number of likely N-dealkylation sites (tertiary alicyclic amines) is 1. The van der Waals surface area contributed by atoms with Crippen LogP contribution in [0.25, 0.3) is 32.7 Å². The predicted octanol–water partition coefficient (Wildman–Crippen LogP) is 6.89. The first kappa shape index (κ1) is 23.1. The number of nitrogens with zero attached hydrogens (tertiary/aromatic N) is 3. The van der Waals surface area contributed by atoms with Crippen molar-refractivity contribution in [3.63, 3.8) is 0 Å². The molecule has 0 spiro atoms. The van der Waals surface area contributed by atoms with Crippen LogP contribution in [-0.2, 0) is 12.1 Å². The molecule has 1 aliphatic carbocycles. The topological polar surface area (TPSA) is 65.0 Å². The number of aromatic amines is 1. The zero-order valence-corrected chi connectivity index (χ0v) is 21.2. The van der Waals surface area contributed by atoms with E-state index in [4.69, 9.17) is 11.6 Å². The van der Waals surface area contributed by atoms with Crippen LogP contribution in [0.4, 0.5) is 4.39 Å². The van der Waals surface area contributed by atoms with Gasteiger partial charge in [0.15, 0.2) is 0 Å². The van der Waals surface area contributed by atoms with Crippen molar-refractivity contribution in [2.75, 3.05) is 6.54 Å². The summed E-state index contributed by atoms with van der Waals surface area (Å²) in [6.45, 7) is 3.89. The molecule has 2 aliphatic rings. The summed E-state index contributed by atoms with van der Waals surface area (Å²) in [5.74, 6) is -0.189. The highest BCUT2D eigenvalue weighted by Crippen LogP contribution is 2.46. The van der Waals surface area contributed by atoms with Crippen molar-refractivity contribution < 1.29 is 9.50 Å². The lowest BCUT2D eigenvalue weighted by Crippen LogP contribution is -2.36. The van der Waals surface area contributed by atoms with Crippen molar-refractivity contribution in [1.82, 2.24) is 19.9 Å². The van der Waals surface area contributed by atoms with Crippen molar-refractivity contribution in [3.05, 3.63) is 58.1 Å². The van der Waals surface area contributed by atoms with Gasteiger partial charge in [-0.05, 0) is 57.7 Å². The number of aliphatic hydroxyl groups is 1. The molecule has 35 heavy (non-hydrogen) atoms. The van der Waals surface area contributed by atoms with E-state index in [-0.39, 0.29) is 5.82 Å². The van der Waals surface area contributed by atoms with E-state index in [1.165, 1.54) is 30.6 Å². The highest BCUT2D eigenvalue weighted by atomic mass is 35.5. The van der Waals surface area contributed by atoms with Crippen molar-refractivity contribution in [2.24, 2.45) is 0 Å². The molecule has 182 valence electrons. The zero-order valence-electron chi connectivity index (χ0n) is 19.7. The van der Waals surface area contributed by atoms with Crippen LogP contribution in [0.5, 0.6) is 0 Å². The Morgan fingerprint density at radius 2 is 2.06 bits per heavy atom. The first-order valence-electron chi connectivity index (χ1n) is 12.3. The van der Waals surface area contributed by atoms with Crippen molar-refractivity contribution in [2.45, 2.75) is 63.6 Å². The van der Waals surface area contributed by atoms with E-state index in [1.54, 1.807) is 18.5 Å². The molecule has 3 aromatic heterocycles. The molecule has 8 heteroatoms. The van der Waals surface area contributed by atoms with E-state index in [1.807, 2.05) is 18.2 Å². The van der Waals surface area contributed by atoms with Gasteiger partial charge in [-0.25, -0.2) is 14.4 Å². The van der Waals surface area contributed by atoms with Gasteiger partial charge < -0.3 is 10.1 Å². The fraction of sp³-hybridized carbons (Fsp3) is 0.407. The maximum atomic E-state index is 15.1. The van der Waals surface area contributed by atoms with Crippen LogP contribution >= 0.6 is 22.9 Å². The summed E-state index contributed by atoms with van der Waals surface area (Å²) in [5, 5.41) is 12.8. The third kappa shape index (κ3) is 4.18. The number of aromatic nitrogens is 3. The van der Waals surface area contributed by atoms with E-state index in [2.05, 4.69) is 26.8 Å². The van der Waals surface area contributed by atoms with Crippen molar-refractivity contribution in [3.8, 4) is 21.7 Å². The maximum Gasteiger partial charge on any atom is 0.138 e. The van der Waals surface area contributed by atoms with Gasteiger partial charge in [0.25, 0.3) is 0 Å². The number of thiazole rings is 1. The third-order valence-corrected chi connectivity index (χ3v) is 9.12. The van der Waals surface area contributed by atoms with Gasteiger partial charge in [0.2, 0.25) is 0 Å². The maximum absolute atomic E-state index is 15.1. The highest BCUT2D eigenvalue weighted by Gasteiger charge is 2.39. The van der Waals surface area contributed by atoms with Gasteiger partial charge in [-0.1, -0.05) is 30.2 Å². The first-order chi connectivity index (χ1) is 16.9. The number of hydrogen-bond donors (Lipinski definition) is 2. The van der Waals surface area contributed by atoms with Crippen LogP contribution in [0, 0.1) is 5.82 Å². The van der Waals surface area contributed by atoms with E-state index in [0.717, 1.165) is 63.5 Å². The number of piperidine rings is 1. The molecule has 5 nitrogen and oxygen atoms in total. The van der Waals surface area contributed by atoms with Crippen LogP contribution in [0.2, 0.25) is 5.02 Å². The van der Waals surface area contributed by atoms with Crippen LogP contribution in [0.15, 0.2) is 36.7 Å². The fourth-order valence-corrected chi connectivity index (χ4v) is 6.68. The molecule has 1 aliphatic heterocycles. The largest absolute Gasteiger partial charge is 0.383 e. The highest BCUT2D eigenvalue weighted by molar-refractivity contribution is 7.15. The molecule has 1 unspecified atom stereocenters. The summed E-state index contributed by atoms with van der Waals surface area (Å²) in [6, 6.07) is 7.93. The minimum Gasteiger partial charge on any atom is -0.383 e. The number of pyridine rings is 1. The molecule has 6 rings (SSSR count). The lowest BCUT2D eigenvalue weighted by atomic mass is 9.81. The molecule has 1 atom stereocenters. The average molecular weight is 511 g/mol. The Bertz CT molecular complexity index is 1400. The molecular formula is C27H28ClFN4OS. The normalized spacial score (nSPS) is 20.3. The Labute approximate surface area is 213 Å². The number of nitrogens with one attached hydrogen (secondary N) is 1. The molecule has 1 saturated carbocycles. The first-order valence-corrected chi connectivity index (χ1v) is 13.5. The zero-order chi connectivity index (χ0) is 24.2. The number of benzene rings is 1. The molecule has 0 radical (unpaired) electrons. The summed E-state index contributed by atoms with van der Waals surface area (Å²) in [5.41, 5.74) is 3.00. The Kier molecular flexibility index (Phi) is 5.92. The molecule has 1 saturated heterocycles. The second kappa shape index (κ2) is 8.96. The molecule has 0 amide bonds. The van der Waals surface area contributed by atoms with Gasteiger partial charge in [0.05, 0.1) is 9.90 Å². The van der Waals surface area contributed by atoms with Crippen molar-refractivity contribution in [1.29, 1.82) is 0 Å². The number of H-pyrrole nitrogens is 1. The Morgan fingerprint density at radius 3 is 2.80 bits per heavy atom. The Balaban J connectivity index is 1.32. The molecule has 1 aromatic carbocycles. The summed E-state index contributed by atoms with van der Waals surface area (Å²) >= 11 is 8.06. The summed E-state index contributed by atoms with van der Waals surface area (Å²) in [4.78, 5) is 15.6. The molecular weight excluding hydrogens is 483 g/mol. The smallest absolute Gasteiger partial charge is 0.138 e. The van der Waals surface area contributed by atoms with Gasteiger partial charge >= 0.3 is 0 Å². The van der Waals surface area contributed by atoms with Gasteiger partial charge in [0.1, 0.15) is 22.1 Å². The molecule has 2 fully saturated rings. The third-order valence-electron chi connectivity index (χ3n) is 7.62. The van der Waals surface area contributed by atoms with Crippen LogP contribution < -0.4 is 0 Å². The Morgan fingerprint density at radius 1 is 1.20 bits per heavy atom. The minimum atomic E-state index is -0.809. The number of rotatable bonds is 5. The lowest BCUT2D eigenvalue weighted by Gasteiger charge is -2.34. The average Bonchev–Trinajstić information content (AvgIpc) is 3.48. The Hall–Kier alpha value is -2.32. The molecule has 4 heterocycles. The summed E-state index contributed by atoms with van der Waals surface area (Å²) in [7, 11) is 0. The molecule has 2 N–H and O–H groups in total. The quantitative estimate of drug-likeness (QED) is 0.307. The SMILES string of the molecule is CC1CCCCN1Cc1ccc(-c2cc3c(-c4cnc(C5(O)CCC5)s4)c(Cl)cnc3[nH]2)cc1F. The van der Waals surface area contributed by atoms with Gasteiger partial charge in [-0.15, -0.1) is 11.3 Å². The van der Waals surface area contributed by atoms with Crippen molar-refractivity contribution >= 4 is 34.0 Å². The molecule has 4 aromatic rings. The second-order valence-electron chi connectivity index (χ2n) is 9.96. The summed E-state index contributed by atoms with van der Waals surface area (Å²) < 4.78 is 15.1. The van der Waals surface area contributed by atoms with Gasteiger partial charge in [-0.3, -0.25) is 4.90 Å². The fourth-order valence-electron chi connectivity index (χ4n) is 5.24.